The largest absolute Gasteiger partial charge is 0.494 e. The second-order valence-electron chi connectivity index (χ2n) is 6.71. The minimum Gasteiger partial charge on any atom is -0.494 e. The highest BCUT2D eigenvalue weighted by atomic mass is 16.5. The lowest BCUT2D eigenvalue weighted by Crippen LogP contribution is -2.23. The molecule has 1 N–H and O–H groups in total. The number of fused-ring (bicyclic) bond motifs is 3. The van der Waals surface area contributed by atoms with Gasteiger partial charge in [0.25, 0.3) is 5.91 Å². The Kier molecular flexibility index (Phi) is 5.24. The number of rotatable bonds is 6. The molecule has 1 amide bonds. The van der Waals surface area contributed by atoms with Crippen LogP contribution >= 0.6 is 0 Å². The van der Waals surface area contributed by atoms with Crippen LogP contribution in [0.5, 0.6) is 11.5 Å². The molecule has 3 aromatic rings. The maximum Gasteiger partial charge on any atom is 0.251 e. The zero-order chi connectivity index (χ0) is 19.3. The van der Waals surface area contributed by atoms with Gasteiger partial charge in [-0.05, 0) is 53.9 Å². The van der Waals surface area contributed by atoms with Gasteiger partial charge < -0.3 is 14.8 Å². The molecule has 0 saturated carbocycles. The summed E-state index contributed by atoms with van der Waals surface area (Å²) in [5.74, 6) is 1.41. The molecule has 5 heteroatoms. The first kappa shape index (κ1) is 18.0. The van der Waals surface area contributed by atoms with Crippen LogP contribution in [0.25, 0.3) is 11.1 Å². The third kappa shape index (κ3) is 3.83. The predicted molar refractivity (Wildman–Crippen MR) is 107 cm³/mol. The SMILES string of the molecule is CCCOc1cccc(CNC(=O)c2ccc3c(c2)OCc2cnccc2-3)c1. The highest BCUT2D eigenvalue weighted by Crippen LogP contribution is 2.37. The number of hydrogen-bond acceptors (Lipinski definition) is 4. The van der Waals surface area contributed by atoms with Gasteiger partial charge in [-0.1, -0.05) is 19.1 Å². The highest BCUT2D eigenvalue weighted by Gasteiger charge is 2.19. The number of ether oxygens (including phenoxy) is 2. The van der Waals surface area contributed by atoms with Crippen molar-refractivity contribution in [2.45, 2.75) is 26.5 Å². The number of pyridine rings is 1. The maximum absolute atomic E-state index is 12.6. The number of aromatic nitrogens is 1. The van der Waals surface area contributed by atoms with E-state index in [-0.39, 0.29) is 5.91 Å². The van der Waals surface area contributed by atoms with E-state index in [2.05, 4.69) is 17.2 Å². The summed E-state index contributed by atoms with van der Waals surface area (Å²) in [5.41, 5.74) is 4.72. The van der Waals surface area contributed by atoms with Crippen molar-refractivity contribution in [3.63, 3.8) is 0 Å². The van der Waals surface area contributed by atoms with E-state index in [9.17, 15) is 4.79 Å². The Labute approximate surface area is 164 Å². The molecule has 0 atom stereocenters. The van der Waals surface area contributed by atoms with Crippen molar-refractivity contribution in [2.24, 2.45) is 0 Å². The third-order valence-corrected chi connectivity index (χ3v) is 4.65. The molecule has 28 heavy (non-hydrogen) atoms. The Morgan fingerprint density at radius 1 is 1.18 bits per heavy atom. The molecule has 0 bridgehead atoms. The van der Waals surface area contributed by atoms with Crippen molar-refractivity contribution in [2.75, 3.05) is 6.61 Å². The smallest absolute Gasteiger partial charge is 0.251 e. The first-order valence-corrected chi connectivity index (χ1v) is 9.44. The molecule has 4 rings (SSSR count). The second-order valence-corrected chi connectivity index (χ2v) is 6.71. The zero-order valence-corrected chi connectivity index (χ0v) is 15.8. The molecular weight excluding hydrogens is 352 g/mol. The lowest BCUT2D eigenvalue weighted by Gasteiger charge is -2.20. The number of benzene rings is 2. The van der Waals surface area contributed by atoms with E-state index in [4.69, 9.17) is 9.47 Å². The Morgan fingerprint density at radius 2 is 2.11 bits per heavy atom. The summed E-state index contributed by atoms with van der Waals surface area (Å²) < 4.78 is 11.5. The molecule has 2 aromatic carbocycles. The molecule has 0 saturated heterocycles. The third-order valence-electron chi connectivity index (χ3n) is 4.65. The van der Waals surface area contributed by atoms with E-state index < -0.39 is 0 Å². The van der Waals surface area contributed by atoms with Crippen LogP contribution in [-0.2, 0) is 13.2 Å². The lowest BCUT2D eigenvalue weighted by atomic mass is 9.97. The molecular formula is C23H22N2O3. The average molecular weight is 374 g/mol. The highest BCUT2D eigenvalue weighted by molar-refractivity contribution is 5.95. The van der Waals surface area contributed by atoms with Crippen molar-refractivity contribution in [3.8, 4) is 22.6 Å². The summed E-state index contributed by atoms with van der Waals surface area (Å²) in [4.78, 5) is 16.7. The normalized spacial score (nSPS) is 11.8. The van der Waals surface area contributed by atoms with Gasteiger partial charge in [0.15, 0.2) is 0 Å². The van der Waals surface area contributed by atoms with Crippen LogP contribution in [0.3, 0.4) is 0 Å². The number of nitrogens with zero attached hydrogens (tertiary/aromatic N) is 1. The predicted octanol–water partition coefficient (Wildman–Crippen LogP) is 4.36. The zero-order valence-electron chi connectivity index (χ0n) is 15.8. The molecule has 5 nitrogen and oxygen atoms in total. The summed E-state index contributed by atoms with van der Waals surface area (Å²) in [5, 5.41) is 2.96. The van der Waals surface area contributed by atoms with E-state index >= 15 is 0 Å². The molecule has 0 unspecified atom stereocenters. The molecule has 0 fully saturated rings. The van der Waals surface area contributed by atoms with Crippen molar-refractivity contribution < 1.29 is 14.3 Å². The van der Waals surface area contributed by atoms with Crippen molar-refractivity contribution >= 4 is 5.91 Å². The van der Waals surface area contributed by atoms with E-state index in [1.807, 2.05) is 48.7 Å². The van der Waals surface area contributed by atoms with Crippen molar-refractivity contribution in [1.29, 1.82) is 0 Å². The van der Waals surface area contributed by atoms with Gasteiger partial charge in [-0.25, -0.2) is 0 Å². The van der Waals surface area contributed by atoms with Crippen LogP contribution in [0.1, 0.15) is 34.8 Å². The van der Waals surface area contributed by atoms with Crippen LogP contribution in [-0.4, -0.2) is 17.5 Å². The first-order valence-electron chi connectivity index (χ1n) is 9.44. The van der Waals surface area contributed by atoms with Gasteiger partial charge in [0.05, 0.1) is 6.61 Å². The van der Waals surface area contributed by atoms with Crippen LogP contribution in [0.4, 0.5) is 0 Å². The fraction of sp³-hybridized carbons (Fsp3) is 0.217. The number of hydrogen-bond donors (Lipinski definition) is 1. The Balaban J connectivity index is 1.45. The molecule has 0 spiro atoms. The van der Waals surface area contributed by atoms with Gasteiger partial charge in [0.2, 0.25) is 0 Å². The summed E-state index contributed by atoms with van der Waals surface area (Å²) in [7, 11) is 0. The van der Waals surface area contributed by atoms with Crippen LogP contribution < -0.4 is 14.8 Å². The van der Waals surface area contributed by atoms with E-state index in [1.54, 1.807) is 12.3 Å². The summed E-state index contributed by atoms with van der Waals surface area (Å²) in [6.07, 6.45) is 4.55. The molecule has 142 valence electrons. The van der Waals surface area contributed by atoms with Gasteiger partial charge in [-0.3, -0.25) is 9.78 Å². The summed E-state index contributed by atoms with van der Waals surface area (Å²) >= 11 is 0. The number of carbonyl (C=O) groups excluding carboxylic acids is 1. The number of amides is 1. The van der Waals surface area contributed by atoms with Crippen LogP contribution in [0.15, 0.2) is 60.9 Å². The molecule has 1 aliphatic rings. The molecule has 1 aliphatic heterocycles. The topological polar surface area (TPSA) is 60.5 Å². The molecule has 0 aliphatic carbocycles. The molecule has 1 aromatic heterocycles. The van der Waals surface area contributed by atoms with Gasteiger partial charge in [-0.15, -0.1) is 0 Å². The van der Waals surface area contributed by atoms with Gasteiger partial charge in [-0.2, -0.15) is 0 Å². The summed E-state index contributed by atoms with van der Waals surface area (Å²) in [6.45, 7) is 3.66. The Bertz CT molecular complexity index is 1000. The van der Waals surface area contributed by atoms with Gasteiger partial charge >= 0.3 is 0 Å². The van der Waals surface area contributed by atoms with E-state index in [0.29, 0.717) is 25.3 Å². The fourth-order valence-electron chi connectivity index (χ4n) is 3.22. The lowest BCUT2D eigenvalue weighted by molar-refractivity contribution is 0.0950. The van der Waals surface area contributed by atoms with Crippen molar-refractivity contribution in [3.05, 3.63) is 77.6 Å². The first-order chi connectivity index (χ1) is 13.7. The standard InChI is InChI=1S/C23H22N2O3/c1-2-10-27-19-5-3-4-16(11-19)13-25-23(26)17-6-7-21-20-8-9-24-14-18(20)15-28-22(21)12-17/h3-9,11-12,14H,2,10,13,15H2,1H3,(H,25,26). The molecule has 0 radical (unpaired) electrons. The van der Waals surface area contributed by atoms with Crippen LogP contribution in [0.2, 0.25) is 0 Å². The Morgan fingerprint density at radius 3 is 3.00 bits per heavy atom. The van der Waals surface area contributed by atoms with Gasteiger partial charge in [0.1, 0.15) is 18.1 Å². The van der Waals surface area contributed by atoms with Gasteiger partial charge in [0, 0.05) is 35.6 Å². The van der Waals surface area contributed by atoms with E-state index in [0.717, 1.165) is 40.2 Å². The maximum atomic E-state index is 12.6. The number of nitrogens with one attached hydrogen (secondary N) is 1. The molecule has 2 heterocycles. The van der Waals surface area contributed by atoms with Crippen LogP contribution in [0, 0.1) is 0 Å². The van der Waals surface area contributed by atoms with E-state index in [1.165, 1.54) is 0 Å². The number of carbonyl (C=O) groups is 1. The average Bonchev–Trinajstić information content (AvgIpc) is 2.75. The quantitative estimate of drug-likeness (QED) is 0.696. The monoisotopic (exact) mass is 374 g/mol. The Hall–Kier alpha value is -3.34. The fourth-order valence-corrected chi connectivity index (χ4v) is 3.22. The minimum absolute atomic E-state index is 0.133. The summed E-state index contributed by atoms with van der Waals surface area (Å²) in [6, 6.07) is 15.3. The second kappa shape index (κ2) is 8.13. The van der Waals surface area contributed by atoms with Crippen molar-refractivity contribution in [1.82, 2.24) is 10.3 Å². The minimum atomic E-state index is -0.133.